The summed E-state index contributed by atoms with van der Waals surface area (Å²) >= 11 is 0. The van der Waals surface area contributed by atoms with E-state index < -0.39 is 0 Å². The van der Waals surface area contributed by atoms with Crippen LogP contribution in [0.4, 0.5) is 5.69 Å². The van der Waals surface area contributed by atoms with E-state index in [0.29, 0.717) is 18.9 Å². The number of pyridine rings is 1. The molecule has 4 nitrogen and oxygen atoms in total. The molecule has 1 fully saturated rings. The summed E-state index contributed by atoms with van der Waals surface area (Å²) in [6, 6.07) is 3.93. The first kappa shape index (κ1) is 12.9. The number of hydrogen-bond acceptors (Lipinski definition) is 3. The smallest absolute Gasteiger partial charge is 0.222 e. The first-order valence-corrected chi connectivity index (χ1v) is 6.59. The van der Waals surface area contributed by atoms with Gasteiger partial charge in [-0.05, 0) is 30.9 Å². The molecule has 1 aliphatic heterocycles. The van der Waals surface area contributed by atoms with E-state index in [-0.39, 0.29) is 5.91 Å². The zero-order valence-electron chi connectivity index (χ0n) is 11.1. The van der Waals surface area contributed by atoms with E-state index in [9.17, 15) is 4.79 Å². The number of rotatable bonds is 3. The van der Waals surface area contributed by atoms with Gasteiger partial charge in [0.05, 0.1) is 12.2 Å². The Bertz CT molecular complexity index is 419. The minimum Gasteiger partial charge on any atom is -0.388 e. The van der Waals surface area contributed by atoms with Gasteiger partial charge in [0.2, 0.25) is 5.91 Å². The summed E-state index contributed by atoms with van der Waals surface area (Å²) in [5.74, 6) is 0.909. The molecule has 1 saturated heterocycles. The Labute approximate surface area is 108 Å². The van der Waals surface area contributed by atoms with E-state index in [1.54, 1.807) is 6.20 Å². The summed E-state index contributed by atoms with van der Waals surface area (Å²) in [7, 11) is 1.89. The Hall–Kier alpha value is -1.58. The van der Waals surface area contributed by atoms with Crippen molar-refractivity contribution in [2.24, 2.45) is 5.92 Å². The standard InChI is InChI=1S/C14H21N3O/c1-11-3-4-14(18)17(8-6-11)10-13-9-12(15-2)5-7-16-13/h5,7,9,11H,3-4,6,8,10H2,1-2H3,(H,15,16). The van der Waals surface area contributed by atoms with Crippen LogP contribution in [0, 0.1) is 5.92 Å². The quantitative estimate of drug-likeness (QED) is 0.891. The lowest BCUT2D eigenvalue weighted by atomic mass is 10.0. The van der Waals surface area contributed by atoms with Crippen molar-refractivity contribution in [1.29, 1.82) is 0 Å². The van der Waals surface area contributed by atoms with Crippen molar-refractivity contribution in [2.75, 3.05) is 18.9 Å². The summed E-state index contributed by atoms with van der Waals surface area (Å²) in [5.41, 5.74) is 1.99. The third kappa shape index (κ3) is 3.22. The van der Waals surface area contributed by atoms with E-state index in [1.165, 1.54) is 0 Å². The normalized spacial score (nSPS) is 20.7. The van der Waals surface area contributed by atoms with E-state index in [1.807, 2.05) is 24.1 Å². The van der Waals surface area contributed by atoms with Crippen LogP contribution in [0.5, 0.6) is 0 Å². The first-order valence-electron chi connectivity index (χ1n) is 6.59. The van der Waals surface area contributed by atoms with E-state index >= 15 is 0 Å². The van der Waals surface area contributed by atoms with Gasteiger partial charge in [0, 0.05) is 31.9 Å². The molecule has 1 aliphatic rings. The summed E-state index contributed by atoms with van der Waals surface area (Å²) in [4.78, 5) is 18.3. The number of carbonyl (C=O) groups excluding carboxylic acids is 1. The summed E-state index contributed by atoms with van der Waals surface area (Å²) in [6.07, 6.45) is 4.57. The maximum atomic E-state index is 12.0. The van der Waals surface area contributed by atoms with Crippen molar-refractivity contribution in [3.8, 4) is 0 Å². The lowest BCUT2D eigenvalue weighted by Gasteiger charge is -2.20. The molecule has 0 spiro atoms. The number of carbonyl (C=O) groups is 1. The van der Waals surface area contributed by atoms with Crippen molar-refractivity contribution in [3.63, 3.8) is 0 Å². The van der Waals surface area contributed by atoms with Gasteiger partial charge in [-0.2, -0.15) is 0 Å². The molecule has 1 N–H and O–H groups in total. The molecule has 0 aliphatic carbocycles. The Morgan fingerprint density at radius 3 is 3.11 bits per heavy atom. The topological polar surface area (TPSA) is 45.2 Å². The van der Waals surface area contributed by atoms with Crippen LogP contribution in [-0.4, -0.2) is 29.4 Å². The van der Waals surface area contributed by atoms with Crippen LogP contribution < -0.4 is 5.32 Å². The molecule has 0 saturated carbocycles. The lowest BCUT2D eigenvalue weighted by Crippen LogP contribution is -2.30. The summed E-state index contributed by atoms with van der Waals surface area (Å²) in [6.45, 7) is 3.70. The van der Waals surface area contributed by atoms with Crippen LogP contribution in [0.15, 0.2) is 18.3 Å². The van der Waals surface area contributed by atoms with Crippen LogP contribution in [-0.2, 0) is 11.3 Å². The molecule has 1 atom stereocenters. The number of nitrogens with one attached hydrogen (secondary N) is 1. The van der Waals surface area contributed by atoms with Crippen LogP contribution in [0.25, 0.3) is 0 Å². The van der Waals surface area contributed by atoms with Gasteiger partial charge >= 0.3 is 0 Å². The second-order valence-electron chi connectivity index (χ2n) is 5.03. The number of aromatic nitrogens is 1. The maximum absolute atomic E-state index is 12.0. The van der Waals surface area contributed by atoms with Gasteiger partial charge in [-0.1, -0.05) is 6.92 Å². The Balaban J connectivity index is 2.04. The third-order valence-corrected chi connectivity index (χ3v) is 3.55. The van der Waals surface area contributed by atoms with Crippen molar-refractivity contribution in [2.45, 2.75) is 32.7 Å². The highest BCUT2D eigenvalue weighted by Crippen LogP contribution is 2.19. The SMILES string of the molecule is CNc1ccnc(CN2CCC(C)CCC2=O)c1. The molecule has 0 radical (unpaired) electrons. The van der Waals surface area contributed by atoms with Crippen LogP contribution in [0.1, 0.15) is 31.9 Å². The summed E-state index contributed by atoms with van der Waals surface area (Å²) in [5, 5.41) is 3.09. The van der Waals surface area contributed by atoms with Gasteiger partial charge in [0.25, 0.3) is 0 Å². The fraction of sp³-hybridized carbons (Fsp3) is 0.571. The summed E-state index contributed by atoms with van der Waals surface area (Å²) < 4.78 is 0. The molecular weight excluding hydrogens is 226 g/mol. The maximum Gasteiger partial charge on any atom is 0.222 e. The molecule has 1 aromatic heterocycles. The van der Waals surface area contributed by atoms with Gasteiger partial charge in [-0.25, -0.2) is 0 Å². The number of nitrogens with zero attached hydrogens (tertiary/aromatic N) is 2. The minimum absolute atomic E-state index is 0.260. The molecule has 18 heavy (non-hydrogen) atoms. The number of amides is 1. The second-order valence-corrected chi connectivity index (χ2v) is 5.03. The zero-order valence-corrected chi connectivity index (χ0v) is 11.1. The van der Waals surface area contributed by atoms with Gasteiger partial charge in [-0.3, -0.25) is 9.78 Å². The molecule has 2 rings (SSSR count). The highest BCUT2D eigenvalue weighted by molar-refractivity contribution is 5.76. The first-order chi connectivity index (χ1) is 8.69. The van der Waals surface area contributed by atoms with Crippen LogP contribution in [0.2, 0.25) is 0 Å². The number of likely N-dealkylation sites (tertiary alicyclic amines) is 1. The Morgan fingerprint density at radius 2 is 2.33 bits per heavy atom. The zero-order chi connectivity index (χ0) is 13.0. The highest BCUT2D eigenvalue weighted by Gasteiger charge is 2.20. The largest absolute Gasteiger partial charge is 0.388 e. The van der Waals surface area contributed by atoms with Gasteiger partial charge in [0.15, 0.2) is 0 Å². The highest BCUT2D eigenvalue weighted by atomic mass is 16.2. The molecule has 2 heterocycles. The van der Waals surface area contributed by atoms with Crippen molar-refractivity contribution < 1.29 is 4.79 Å². The fourth-order valence-electron chi connectivity index (χ4n) is 2.26. The number of anilines is 1. The monoisotopic (exact) mass is 247 g/mol. The second kappa shape index (κ2) is 5.85. The van der Waals surface area contributed by atoms with Crippen LogP contribution in [0.3, 0.4) is 0 Å². The lowest BCUT2D eigenvalue weighted by molar-refractivity contribution is -0.131. The number of hydrogen-bond donors (Lipinski definition) is 1. The average molecular weight is 247 g/mol. The molecule has 98 valence electrons. The predicted octanol–water partition coefficient (Wildman–Crippen LogP) is 2.27. The van der Waals surface area contributed by atoms with Gasteiger partial charge in [0.1, 0.15) is 0 Å². The van der Waals surface area contributed by atoms with Crippen LogP contribution >= 0.6 is 0 Å². The molecule has 1 amide bonds. The fourth-order valence-corrected chi connectivity index (χ4v) is 2.26. The Kier molecular flexibility index (Phi) is 4.18. The van der Waals surface area contributed by atoms with Crippen molar-refractivity contribution in [3.05, 3.63) is 24.0 Å². The van der Waals surface area contributed by atoms with Crippen molar-refractivity contribution in [1.82, 2.24) is 9.88 Å². The molecule has 0 bridgehead atoms. The molecular formula is C14H21N3O. The van der Waals surface area contributed by atoms with Crippen molar-refractivity contribution >= 4 is 11.6 Å². The molecule has 1 unspecified atom stereocenters. The van der Waals surface area contributed by atoms with E-state index in [0.717, 1.165) is 30.8 Å². The predicted molar refractivity (Wildman–Crippen MR) is 72.2 cm³/mol. The average Bonchev–Trinajstić information content (AvgIpc) is 2.54. The molecule has 4 heteroatoms. The van der Waals surface area contributed by atoms with E-state index in [4.69, 9.17) is 0 Å². The minimum atomic E-state index is 0.260. The van der Waals surface area contributed by atoms with Gasteiger partial charge < -0.3 is 10.2 Å². The van der Waals surface area contributed by atoms with E-state index in [2.05, 4.69) is 17.2 Å². The third-order valence-electron chi connectivity index (χ3n) is 3.55. The Morgan fingerprint density at radius 1 is 1.50 bits per heavy atom. The molecule has 1 aromatic rings. The van der Waals surface area contributed by atoms with Gasteiger partial charge in [-0.15, -0.1) is 0 Å². The molecule has 0 aromatic carbocycles.